The number of rotatable bonds is 6. The molecule has 0 aromatic heterocycles. The van der Waals surface area contributed by atoms with Crippen LogP contribution in [-0.2, 0) is 11.2 Å². The summed E-state index contributed by atoms with van der Waals surface area (Å²) in [6.45, 7) is 5.66. The molecule has 5 nitrogen and oxygen atoms in total. The average Bonchev–Trinajstić information content (AvgIpc) is 3.29. The second-order valence-electron chi connectivity index (χ2n) is 8.42. The molecule has 0 radical (unpaired) electrons. The van der Waals surface area contributed by atoms with Crippen molar-refractivity contribution < 1.29 is 9.53 Å². The van der Waals surface area contributed by atoms with E-state index in [4.69, 9.17) is 9.73 Å². The van der Waals surface area contributed by atoms with Gasteiger partial charge in [-0.15, -0.1) is 0 Å². The van der Waals surface area contributed by atoms with Crippen molar-refractivity contribution in [1.82, 2.24) is 5.32 Å². The highest BCUT2D eigenvalue weighted by Crippen LogP contribution is 2.34. The van der Waals surface area contributed by atoms with Gasteiger partial charge in [-0.1, -0.05) is 36.4 Å². The van der Waals surface area contributed by atoms with Gasteiger partial charge >= 0.3 is 6.03 Å². The molecule has 0 saturated carbocycles. The van der Waals surface area contributed by atoms with Gasteiger partial charge in [0.15, 0.2) is 0 Å². The number of amides is 2. The zero-order chi connectivity index (χ0) is 21.6. The maximum atomic E-state index is 12.2. The summed E-state index contributed by atoms with van der Waals surface area (Å²) in [5.41, 5.74) is 7.15. The molecule has 1 fully saturated rings. The van der Waals surface area contributed by atoms with E-state index in [0.29, 0.717) is 13.2 Å². The molecule has 162 valence electrons. The van der Waals surface area contributed by atoms with Crippen LogP contribution in [0.15, 0.2) is 59.2 Å². The molecule has 0 spiro atoms. The van der Waals surface area contributed by atoms with Gasteiger partial charge in [-0.05, 0) is 73.9 Å². The van der Waals surface area contributed by atoms with Gasteiger partial charge in [-0.3, -0.25) is 4.99 Å². The summed E-state index contributed by atoms with van der Waals surface area (Å²) in [5, 5.41) is 5.87. The Labute approximate surface area is 184 Å². The van der Waals surface area contributed by atoms with Crippen molar-refractivity contribution in [2.45, 2.75) is 51.5 Å². The lowest BCUT2D eigenvalue weighted by Gasteiger charge is -2.23. The Hall–Kier alpha value is -2.92. The van der Waals surface area contributed by atoms with E-state index in [1.807, 2.05) is 18.3 Å². The van der Waals surface area contributed by atoms with Crippen LogP contribution < -0.4 is 10.6 Å². The molecule has 2 heterocycles. The van der Waals surface area contributed by atoms with Gasteiger partial charge in [0.2, 0.25) is 0 Å². The van der Waals surface area contributed by atoms with Crippen molar-refractivity contribution in [2.75, 3.05) is 18.5 Å². The molecule has 0 bridgehead atoms. The fraction of sp³-hybridized carbons (Fsp3) is 0.385. The van der Waals surface area contributed by atoms with E-state index in [1.54, 1.807) is 0 Å². The Morgan fingerprint density at radius 2 is 2.00 bits per heavy atom. The Morgan fingerprint density at radius 1 is 1.16 bits per heavy atom. The van der Waals surface area contributed by atoms with Gasteiger partial charge in [0.25, 0.3) is 0 Å². The van der Waals surface area contributed by atoms with E-state index in [1.165, 1.54) is 22.3 Å². The Kier molecular flexibility index (Phi) is 6.82. The Bertz CT molecular complexity index is 973. The van der Waals surface area contributed by atoms with Gasteiger partial charge in [-0.2, -0.15) is 0 Å². The van der Waals surface area contributed by atoms with Gasteiger partial charge in [0, 0.05) is 30.1 Å². The number of nitrogens with zero attached hydrogens (tertiary/aromatic N) is 1. The van der Waals surface area contributed by atoms with Gasteiger partial charge < -0.3 is 15.4 Å². The fourth-order valence-electron chi connectivity index (χ4n) is 4.25. The Balaban J connectivity index is 1.48. The van der Waals surface area contributed by atoms with E-state index in [-0.39, 0.29) is 18.0 Å². The number of urea groups is 1. The summed E-state index contributed by atoms with van der Waals surface area (Å²) < 4.78 is 5.31. The first-order chi connectivity index (χ1) is 15.1. The topological polar surface area (TPSA) is 62.7 Å². The van der Waals surface area contributed by atoms with Gasteiger partial charge in [0.1, 0.15) is 0 Å². The summed E-state index contributed by atoms with van der Waals surface area (Å²) in [4.78, 5) is 16.9. The molecule has 0 aliphatic carbocycles. The van der Waals surface area contributed by atoms with Gasteiger partial charge in [-0.25, -0.2) is 4.79 Å². The lowest BCUT2D eigenvalue weighted by molar-refractivity contribution is 0.189. The molecule has 2 amide bonds. The molecule has 2 N–H and O–H groups in total. The van der Waals surface area contributed by atoms with Crippen LogP contribution in [0.3, 0.4) is 0 Å². The predicted molar refractivity (Wildman–Crippen MR) is 126 cm³/mol. The van der Waals surface area contributed by atoms with Crippen LogP contribution in [0.5, 0.6) is 0 Å². The minimum absolute atomic E-state index is 0.0990. The van der Waals surface area contributed by atoms with Crippen molar-refractivity contribution in [3.8, 4) is 0 Å². The molecular weight excluding hydrogens is 386 g/mol. The molecule has 1 saturated heterocycles. The number of aryl methyl sites for hydroxylation is 1. The molecule has 2 atom stereocenters. The molecule has 2 aliphatic rings. The number of aliphatic imine (C=N–C) groups is 1. The lowest BCUT2D eigenvalue weighted by atomic mass is 9.84. The van der Waals surface area contributed by atoms with Crippen molar-refractivity contribution in [1.29, 1.82) is 0 Å². The second kappa shape index (κ2) is 9.92. The standard InChI is InChI=1S/C26H31N3O2/c1-18-6-5-7-23(19(18)2)24(25-8-3-4-14-27-25)16-20-9-11-21(12-10-20)28-26(30)29-22-13-15-31-17-22/h5-12,14,22,24H,3-4,13,15-17H2,1-2H3,(H2,28,29,30). The number of hydrogen-bond donors (Lipinski definition) is 2. The summed E-state index contributed by atoms with van der Waals surface area (Å²) in [6, 6.07) is 14.6. The van der Waals surface area contributed by atoms with Crippen molar-refractivity contribution in [2.24, 2.45) is 4.99 Å². The van der Waals surface area contributed by atoms with Crippen LogP contribution in [0.25, 0.3) is 0 Å². The molecular formula is C26H31N3O2. The monoisotopic (exact) mass is 417 g/mol. The molecule has 5 heteroatoms. The molecule has 2 aromatic rings. The predicted octanol–water partition coefficient (Wildman–Crippen LogP) is 5.29. The maximum Gasteiger partial charge on any atom is 0.319 e. The summed E-state index contributed by atoms with van der Waals surface area (Å²) >= 11 is 0. The van der Waals surface area contributed by atoms with E-state index in [0.717, 1.165) is 37.1 Å². The lowest BCUT2D eigenvalue weighted by Crippen LogP contribution is -2.38. The quantitative estimate of drug-likeness (QED) is 0.671. The second-order valence-corrected chi connectivity index (χ2v) is 8.42. The Morgan fingerprint density at radius 3 is 2.71 bits per heavy atom. The minimum Gasteiger partial charge on any atom is -0.379 e. The van der Waals surface area contributed by atoms with Crippen LogP contribution in [-0.4, -0.2) is 31.5 Å². The third-order valence-corrected chi connectivity index (χ3v) is 6.19. The fourth-order valence-corrected chi connectivity index (χ4v) is 4.25. The van der Waals surface area contributed by atoms with E-state index in [2.05, 4.69) is 60.9 Å². The third kappa shape index (κ3) is 5.42. The van der Waals surface area contributed by atoms with E-state index >= 15 is 0 Å². The highest BCUT2D eigenvalue weighted by Gasteiger charge is 2.21. The largest absolute Gasteiger partial charge is 0.379 e. The van der Waals surface area contributed by atoms with Crippen molar-refractivity contribution in [3.63, 3.8) is 0 Å². The van der Waals surface area contributed by atoms with Crippen LogP contribution in [0.1, 0.15) is 47.4 Å². The summed E-state index contributed by atoms with van der Waals surface area (Å²) in [5.74, 6) is 0.223. The number of ether oxygens (including phenoxy) is 1. The first kappa shape index (κ1) is 21.3. The summed E-state index contributed by atoms with van der Waals surface area (Å²) in [7, 11) is 0. The van der Waals surface area contributed by atoms with Crippen LogP contribution >= 0.6 is 0 Å². The van der Waals surface area contributed by atoms with E-state index in [9.17, 15) is 4.79 Å². The number of anilines is 1. The molecule has 31 heavy (non-hydrogen) atoms. The number of benzene rings is 2. The highest BCUT2D eigenvalue weighted by atomic mass is 16.5. The minimum atomic E-state index is -0.182. The number of carbonyl (C=O) groups is 1. The number of allylic oxidation sites excluding steroid dienone is 2. The zero-order valence-electron chi connectivity index (χ0n) is 18.4. The normalized spacial score (nSPS) is 19.0. The molecule has 4 rings (SSSR count). The smallest absolute Gasteiger partial charge is 0.319 e. The van der Waals surface area contributed by atoms with Crippen LogP contribution in [0.4, 0.5) is 10.5 Å². The number of nitrogens with one attached hydrogen (secondary N) is 2. The number of hydrogen-bond acceptors (Lipinski definition) is 3. The maximum absolute atomic E-state index is 12.2. The summed E-state index contributed by atoms with van der Waals surface area (Å²) in [6.07, 6.45) is 8.11. The molecule has 2 aromatic carbocycles. The zero-order valence-corrected chi connectivity index (χ0v) is 18.4. The van der Waals surface area contributed by atoms with E-state index < -0.39 is 0 Å². The van der Waals surface area contributed by atoms with Crippen molar-refractivity contribution >= 4 is 17.9 Å². The first-order valence-electron chi connectivity index (χ1n) is 11.1. The third-order valence-electron chi connectivity index (χ3n) is 6.19. The van der Waals surface area contributed by atoms with Crippen LogP contribution in [0.2, 0.25) is 0 Å². The molecule has 2 unspecified atom stereocenters. The van der Waals surface area contributed by atoms with Crippen molar-refractivity contribution in [3.05, 3.63) is 76.5 Å². The molecule has 2 aliphatic heterocycles. The number of carbonyl (C=O) groups excluding carboxylic acids is 1. The van der Waals surface area contributed by atoms with Crippen LogP contribution in [0, 0.1) is 13.8 Å². The average molecular weight is 418 g/mol. The van der Waals surface area contributed by atoms with Gasteiger partial charge in [0.05, 0.1) is 12.6 Å². The SMILES string of the molecule is Cc1cccc(C(Cc2ccc(NC(=O)NC3CCOC3)cc2)C2=CCCC=N2)c1C. The first-order valence-corrected chi connectivity index (χ1v) is 11.1. The highest BCUT2D eigenvalue weighted by molar-refractivity contribution is 5.89.